The van der Waals surface area contributed by atoms with Gasteiger partial charge in [0.1, 0.15) is 0 Å². The molecule has 0 aliphatic carbocycles. The average molecular weight is 634 g/mol. The Kier molecular flexibility index (Phi) is 13.9. The van der Waals surface area contributed by atoms with Crippen LogP contribution in [0.4, 0.5) is 13.2 Å². The topological polar surface area (TPSA) is 34.6 Å². The first-order valence-corrected chi connectivity index (χ1v) is 14.9. The summed E-state index contributed by atoms with van der Waals surface area (Å²) in [6.45, 7) is 7.47. The summed E-state index contributed by atoms with van der Waals surface area (Å²) >= 11 is 1.66. The number of aromatic nitrogens is 1. The van der Waals surface area contributed by atoms with E-state index in [1.807, 2.05) is 12.1 Å². The molecule has 0 saturated carbocycles. The van der Waals surface area contributed by atoms with Gasteiger partial charge >= 0.3 is 6.18 Å². The van der Waals surface area contributed by atoms with Crippen LogP contribution in [-0.2, 0) is 11.7 Å². The maximum atomic E-state index is 13.0. The van der Waals surface area contributed by atoms with Crippen LogP contribution in [0, 0.1) is 0 Å². The molecule has 2 aromatic carbocycles. The van der Waals surface area contributed by atoms with E-state index in [0.717, 1.165) is 78.4 Å². The number of thioether (sulfide) groups is 1. The standard InChI is InChI=1S/C31H39F3N2O2S.2ClH/c1-4-30(2,36-17-7-5-8-18-36)23-12-14-27(28(22-23)37-3)38-19-9-6-10-20-39-29-15-16-35-26-21-24(31(32,33)34)11-13-25(26)29;;/h11-16,21-22H,4-10,17-20H2,1-3H3;2*1H. The Bertz CT molecular complexity index is 1240. The number of unbranched alkanes of at least 4 members (excludes halogenated alkanes) is 2. The van der Waals surface area contributed by atoms with Gasteiger partial charge in [-0.3, -0.25) is 9.88 Å². The lowest BCUT2D eigenvalue weighted by atomic mass is 9.85. The third-order valence-corrected chi connectivity index (χ3v) is 9.02. The first-order chi connectivity index (χ1) is 18.8. The monoisotopic (exact) mass is 632 g/mol. The summed E-state index contributed by atoms with van der Waals surface area (Å²) in [7, 11) is 1.69. The van der Waals surface area contributed by atoms with E-state index in [4.69, 9.17) is 9.47 Å². The Balaban J connectivity index is 0.00000294. The number of rotatable bonds is 12. The molecule has 10 heteroatoms. The van der Waals surface area contributed by atoms with Crippen molar-refractivity contribution < 1.29 is 22.6 Å². The van der Waals surface area contributed by atoms with Gasteiger partial charge < -0.3 is 9.47 Å². The lowest BCUT2D eigenvalue weighted by molar-refractivity contribution is -0.137. The molecule has 1 aliphatic rings. The number of halogens is 5. The molecule has 1 saturated heterocycles. The fourth-order valence-electron chi connectivity index (χ4n) is 5.29. The Morgan fingerprint density at radius 2 is 1.63 bits per heavy atom. The predicted octanol–water partition coefficient (Wildman–Crippen LogP) is 9.56. The predicted molar refractivity (Wildman–Crippen MR) is 167 cm³/mol. The van der Waals surface area contributed by atoms with Gasteiger partial charge in [-0.2, -0.15) is 13.2 Å². The number of fused-ring (bicyclic) bond motifs is 1. The number of likely N-dealkylation sites (tertiary alicyclic amines) is 1. The van der Waals surface area contributed by atoms with Gasteiger partial charge in [0, 0.05) is 22.0 Å². The van der Waals surface area contributed by atoms with Crippen LogP contribution in [0.5, 0.6) is 11.5 Å². The zero-order valence-electron chi connectivity index (χ0n) is 24.0. The number of methoxy groups -OCH3 is 1. The minimum atomic E-state index is -4.36. The van der Waals surface area contributed by atoms with Crippen molar-refractivity contribution in [3.8, 4) is 11.5 Å². The molecule has 0 N–H and O–H groups in total. The first-order valence-electron chi connectivity index (χ1n) is 13.9. The Morgan fingerprint density at radius 1 is 0.902 bits per heavy atom. The second kappa shape index (κ2) is 16.1. The molecular weight excluding hydrogens is 592 g/mol. The van der Waals surface area contributed by atoms with Crippen LogP contribution in [0.1, 0.15) is 69.9 Å². The number of pyridine rings is 1. The van der Waals surface area contributed by atoms with Crippen LogP contribution in [0.25, 0.3) is 10.9 Å². The summed E-state index contributed by atoms with van der Waals surface area (Å²) in [6, 6.07) is 12.0. The number of ether oxygens (including phenoxy) is 2. The third kappa shape index (κ3) is 8.82. The van der Waals surface area contributed by atoms with E-state index in [9.17, 15) is 13.2 Å². The molecule has 1 fully saturated rings. The van der Waals surface area contributed by atoms with Crippen molar-refractivity contribution >= 4 is 47.5 Å². The van der Waals surface area contributed by atoms with Gasteiger partial charge in [0.25, 0.3) is 0 Å². The molecule has 41 heavy (non-hydrogen) atoms. The van der Waals surface area contributed by atoms with Crippen molar-refractivity contribution in [1.29, 1.82) is 0 Å². The molecule has 4 rings (SSSR count). The number of alkyl halides is 3. The van der Waals surface area contributed by atoms with Crippen LogP contribution in [0.2, 0.25) is 0 Å². The summed E-state index contributed by atoms with van der Waals surface area (Å²) in [6.07, 6.45) is 4.98. The van der Waals surface area contributed by atoms with E-state index in [-0.39, 0.29) is 30.4 Å². The van der Waals surface area contributed by atoms with Crippen molar-refractivity contribution in [2.45, 2.75) is 75.4 Å². The third-order valence-electron chi connectivity index (χ3n) is 7.86. The first kappa shape index (κ1) is 35.3. The molecule has 1 aliphatic heterocycles. The van der Waals surface area contributed by atoms with Crippen molar-refractivity contribution in [3.63, 3.8) is 0 Å². The summed E-state index contributed by atoms with van der Waals surface area (Å²) in [5.41, 5.74) is 0.965. The fraction of sp³-hybridized carbons (Fsp3) is 0.516. The number of nitrogens with zero attached hydrogens (tertiary/aromatic N) is 2. The summed E-state index contributed by atoms with van der Waals surface area (Å²) in [4.78, 5) is 7.70. The van der Waals surface area contributed by atoms with E-state index in [1.54, 1.807) is 25.1 Å². The van der Waals surface area contributed by atoms with Crippen LogP contribution in [0.3, 0.4) is 0 Å². The largest absolute Gasteiger partial charge is 0.493 e. The quantitative estimate of drug-likeness (QED) is 0.147. The lowest BCUT2D eigenvalue weighted by Gasteiger charge is -2.43. The van der Waals surface area contributed by atoms with Gasteiger partial charge in [0.05, 0.1) is 24.8 Å². The zero-order chi connectivity index (χ0) is 27.9. The Labute approximate surface area is 258 Å². The minimum absolute atomic E-state index is 0. The molecule has 3 aromatic rings. The molecule has 0 spiro atoms. The second-order valence-corrected chi connectivity index (χ2v) is 11.5. The van der Waals surface area contributed by atoms with Crippen molar-refractivity contribution in [2.24, 2.45) is 0 Å². The Morgan fingerprint density at radius 3 is 2.32 bits per heavy atom. The van der Waals surface area contributed by atoms with Crippen LogP contribution >= 0.6 is 36.6 Å². The molecule has 0 radical (unpaired) electrons. The van der Waals surface area contributed by atoms with Crippen LogP contribution < -0.4 is 9.47 Å². The number of hydrogen-bond donors (Lipinski definition) is 0. The van der Waals surface area contributed by atoms with E-state index in [0.29, 0.717) is 12.1 Å². The SMILES string of the molecule is CCC(C)(c1ccc(OCCCCCSc2ccnc3cc(C(F)(F)F)ccc23)c(OC)c1)N1CCCCC1.Cl.Cl. The maximum absolute atomic E-state index is 13.0. The number of benzene rings is 2. The molecule has 228 valence electrons. The molecule has 1 atom stereocenters. The molecule has 0 bridgehead atoms. The summed E-state index contributed by atoms with van der Waals surface area (Å²) in [5.74, 6) is 2.43. The van der Waals surface area contributed by atoms with E-state index >= 15 is 0 Å². The number of hydrogen-bond acceptors (Lipinski definition) is 5. The van der Waals surface area contributed by atoms with Crippen LogP contribution in [-0.4, -0.2) is 42.4 Å². The highest BCUT2D eigenvalue weighted by Gasteiger charge is 2.33. The van der Waals surface area contributed by atoms with Crippen molar-refractivity contribution in [2.75, 3.05) is 32.6 Å². The highest BCUT2D eigenvalue weighted by atomic mass is 35.5. The molecule has 1 aromatic heterocycles. The van der Waals surface area contributed by atoms with Gasteiger partial charge in [0.2, 0.25) is 0 Å². The normalized spacial score (nSPS) is 15.5. The number of piperidine rings is 1. The van der Waals surface area contributed by atoms with Gasteiger partial charge in [-0.15, -0.1) is 36.6 Å². The van der Waals surface area contributed by atoms with Gasteiger partial charge in [-0.05, 0) is 100 Å². The maximum Gasteiger partial charge on any atom is 0.416 e. The molecule has 1 unspecified atom stereocenters. The van der Waals surface area contributed by atoms with Gasteiger partial charge in [0.15, 0.2) is 11.5 Å². The fourth-order valence-corrected chi connectivity index (χ4v) is 6.34. The molecular formula is C31H41Cl2F3N2O2S. The van der Waals surface area contributed by atoms with Crippen molar-refractivity contribution in [3.05, 3.63) is 59.8 Å². The Hall–Kier alpha value is -1.87. The van der Waals surface area contributed by atoms with Gasteiger partial charge in [-0.1, -0.05) is 25.5 Å². The van der Waals surface area contributed by atoms with E-state index in [2.05, 4.69) is 35.9 Å². The van der Waals surface area contributed by atoms with E-state index in [1.165, 1.54) is 30.9 Å². The molecule has 2 heterocycles. The van der Waals surface area contributed by atoms with Crippen molar-refractivity contribution in [1.82, 2.24) is 9.88 Å². The smallest absolute Gasteiger partial charge is 0.416 e. The summed E-state index contributed by atoms with van der Waals surface area (Å²) in [5, 5.41) is 0.758. The average Bonchev–Trinajstić information content (AvgIpc) is 2.96. The van der Waals surface area contributed by atoms with Crippen LogP contribution in [0.15, 0.2) is 53.6 Å². The highest BCUT2D eigenvalue weighted by Crippen LogP contribution is 2.39. The molecule has 0 amide bonds. The summed E-state index contributed by atoms with van der Waals surface area (Å²) < 4.78 is 50.8. The van der Waals surface area contributed by atoms with Gasteiger partial charge in [-0.25, -0.2) is 0 Å². The zero-order valence-corrected chi connectivity index (χ0v) is 26.4. The van der Waals surface area contributed by atoms with E-state index < -0.39 is 11.7 Å². The lowest BCUT2D eigenvalue weighted by Crippen LogP contribution is -2.46. The minimum Gasteiger partial charge on any atom is -0.493 e. The molecule has 4 nitrogen and oxygen atoms in total. The highest BCUT2D eigenvalue weighted by molar-refractivity contribution is 7.99. The second-order valence-electron chi connectivity index (χ2n) is 10.3.